The molecule has 0 nitrogen and oxygen atoms in total. The number of rotatable bonds is 0. The van der Waals surface area contributed by atoms with Gasteiger partial charge < -0.3 is 0 Å². The second-order valence-electron chi connectivity index (χ2n) is 1.82. The smallest absolute Gasteiger partial charge is 0.143 e. The predicted molar refractivity (Wildman–Crippen MR) is 38.5 cm³/mol. The van der Waals surface area contributed by atoms with Crippen LogP contribution in [-0.2, 0) is 0 Å². The lowest BCUT2D eigenvalue weighted by Crippen LogP contribution is -1.88. The van der Waals surface area contributed by atoms with Crippen molar-refractivity contribution in [3.05, 3.63) is 40.7 Å². The van der Waals surface area contributed by atoms with Crippen LogP contribution in [0.15, 0.2) is 16.6 Å². The quantitative estimate of drug-likeness (QED) is 0.572. The fourth-order valence-corrected chi connectivity index (χ4v) is 0.941. The van der Waals surface area contributed by atoms with E-state index in [1.165, 1.54) is 6.07 Å². The highest BCUT2D eigenvalue weighted by Gasteiger charge is 2.06. The lowest BCUT2D eigenvalue weighted by atomic mass is 10.2. The van der Waals surface area contributed by atoms with Crippen LogP contribution < -0.4 is 0 Å². The Morgan fingerprint density at radius 2 is 1.90 bits per heavy atom. The van der Waals surface area contributed by atoms with Crippen molar-refractivity contribution >= 4 is 15.9 Å². The zero-order valence-corrected chi connectivity index (χ0v) is 6.58. The van der Waals surface area contributed by atoms with E-state index < -0.39 is 11.6 Å². The summed E-state index contributed by atoms with van der Waals surface area (Å²) in [6.07, 6.45) is 0. The highest BCUT2D eigenvalue weighted by molar-refractivity contribution is 9.10. The SMILES string of the molecule is [CH2]c1c(F)ccc(Br)c1F. The summed E-state index contributed by atoms with van der Waals surface area (Å²) in [6, 6.07) is 2.47. The summed E-state index contributed by atoms with van der Waals surface area (Å²) in [6.45, 7) is 3.20. The molecule has 1 aromatic rings. The fourth-order valence-electron chi connectivity index (χ4n) is 0.569. The first-order valence-electron chi connectivity index (χ1n) is 2.58. The van der Waals surface area contributed by atoms with E-state index in [4.69, 9.17) is 0 Å². The van der Waals surface area contributed by atoms with Crippen LogP contribution in [-0.4, -0.2) is 0 Å². The Morgan fingerprint density at radius 1 is 1.30 bits per heavy atom. The Hall–Kier alpha value is -0.440. The Kier molecular flexibility index (Phi) is 2.04. The predicted octanol–water partition coefficient (Wildman–Crippen LogP) is 2.91. The molecule has 0 unspecified atom stereocenters. The van der Waals surface area contributed by atoms with Crippen LogP contribution in [0, 0.1) is 18.6 Å². The maximum Gasteiger partial charge on any atom is 0.143 e. The van der Waals surface area contributed by atoms with Crippen LogP contribution in [0.2, 0.25) is 0 Å². The molecule has 0 aliphatic heterocycles. The minimum Gasteiger partial charge on any atom is -0.207 e. The first-order chi connectivity index (χ1) is 4.63. The summed E-state index contributed by atoms with van der Waals surface area (Å²) in [7, 11) is 0. The van der Waals surface area contributed by atoms with Gasteiger partial charge in [0.1, 0.15) is 11.6 Å². The number of halogens is 3. The topological polar surface area (TPSA) is 0 Å². The molecule has 3 heteroatoms. The summed E-state index contributed by atoms with van der Waals surface area (Å²) >= 11 is 2.90. The first-order valence-corrected chi connectivity index (χ1v) is 3.37. The van der Waals surface area contributed by atoms with Crippen molar-refractivity contribution in [3.8, 4) is 0 Å². The van der Waals surface area contributed by atoms with E-state index in [-0.39, 0.29) is 10.0 Å². The maximum atomic E-state index is 12.6. The van der Waals surface area contributed by atoms with Crippen LogP contribution in [0.25, 0.3) is 0 Å². The van der Waals surface area contributed by atoms with Gasteiger partial charge in [0.15, 0.2) is 0 Å². The summed E-state index contributed by atoms with van der Waals surface area (Å²) in [4.78, 5) is 0. The van der Waals surface area contributed by atoms with E-state index in [0.29, 0.717) is 0 Å². The molecule has 0 amide bonds. The third kappa shape index (κ3) is 1.19. The van der Waals surface area contributed by atoms with Gasteiger partial charge in [-0.15, -0.1) is 0 Å². The molecule has 0 aliphatic carbocycles. The van der Waals surface area contributed by atoms with Crippen molar-refractivity contribution < 1.29 is 8.78 Å². The fraction of sp³-hybridized carbons (Fsp3) is 0. The van der Waals surface area contributed by atoms with Crippen molar-refractivity contribution in [3.63, 3.8) is 0 Å². The minimum atomic E-state index is -0.639. The summed E-state index contributed by atoms with van der Waals surface area (Å²) in [5, 5.41) is 0. The molecule has 0 bridgehead atoms. The van der Waals surface area contributed by atoms with Gasteiger partial charge in [-0.3, -0.25) is 0 Å². The Bertz CT molecular complexity index is 231. The van der Waals surface area contributed by atoms with Gasteiger partial charge >= 0.3 is 0 Å². The Balaban J connectivity index is 3.34. The molecule has 0 saturated carbocycles. The average Bonchev–Trinajstić information content (AvgIpc) is 1.93. The molecule has 0 atom stereocenters. The first kappa shape index (κ1) is 7.66. The normalized spacial score (nSPS) is 10.0. The molecule has 0 saturated heterocycles. The summed E-state index contributed by atoms with van der Waals surface area (Å²) in [5.41, 5.74) is -0.200. The molecule has 0 fully saturated rings. The van der Waals surface area contributed by atoms with Crippen LogP contribution in [0.4, 0.5) is 8.78 Å². The highest BCUT2D eigenvalue weighted by atomic mass is 79.9. The molecule has 0 aliphatic rings. The van der Waals surface area contributed by atoms with Gasteiger partial charge in [0.05, 0.1) is 4.47 Å². The molecule has 1 aromatic carbocycles. The number of hydrogen-bond acceptors (Lipinski definition) is 0. The van der Waals surface area contributed by atoms with Crippen LogP contribution in [0.3, 0.4) is 0 Å². The van der Waals surface area contributed by atoms with E-state index in [2.05, 4.69) is 22.9 Å². The zero-order chi connectivity index (χ0) is 7.72. The van der Waals surface area contributed by atoms with Crippen LogP contribution in [0.1, 0.15) is 5.56 Å². The monoisotopic (exact) mass is 205 g/mol. The van der Waals surface area contributed by atoms with Gasteiger partial charge in [-0.2, -0.15) is 0 Å². The Labute approximate surface area is 66.0 Å². The molecule has 0 aromatic heterocycles. The third-order valence-corrected chi connectivity index (χ3v) is 1.75. The van der Waals surface area contributed by atoms with Crippen molar-refractivity contribution in [1.29, 1.82) is 0 Å². The second kappa shape index (κ2) is 2.66. The van der Waals surface area contributed by atoms with Crippen molar-refractivity contribution in [2.75, 3.05) is 0 Å². The van der Waals surface area contributed by atoms with Gasteiger partial charge in [-0.25, -0.2) is 8.78 Å². The van der Waals surface area contributed by atoms with Gasteiger partial charge in [0.2, 0.25) is 0 Å². The standard InChI is InChI=1S/C7H4BrF2/c1-4-6(9)3-2-5(8)7(4)10/h2-3H,1H2. The molecule has 1 rings (SSSR count). The van der Waals surface area contributed by atoms with Gasteiger partial charge in [-0.05, 0) is 35.0 Å². The van der Waals surface area contributed by atoms with E-state index >= 15 is 0 Å². The Morgan fingerprint density at radius 3 is 2.40 bits per heavy atom. The zero-order valence-electron chi connectivity index (χ0n) is 5.00. The largest absolute Gasteiger partial charge is 0.207 e. The molecular formula is C7H4BrF2. The molecule has 0 N–H and O–H groups in total. The van der Waals surface area contributed by atoms with Gasteiger partial charge in [0.25, 0.3) is 0 Å². The number of hydrogen-bond donors (Lipinski definition) is 0. The van der Waals surface area contributed by atoms with Crippen LogP contribution in [0.5, 0.6) is 0 Å². The van der Waals surface area contributed by atoms with Crippen molar-refractivity contribution in [2.45, 2.75) is 0 Å². The molecule has 10 heavy (non-hydrogen) atoms. The van der Waals surface area contributed by atoms with Crippen molar-refractivity contribution in [1.82, 2.24) is 0 Å². The average molecular weight is 206 g/mol. The van der Waals surface area contributed by atoms with E-state index in [1.807, 2.05) is 0 Å². The van der Waals surface area contributed by atoms with Crippen molar-refractivity contribution in [2.24, 2.45) is 0 Å². The maximum absolute atomic E-state index is 12.6. The lowest BCUT2D eigenvalue weighted by molar-refractivity contribution is 0.570. The number of benzene rings is 1. The summed E-state index contributed by atoms with van der Waals surface area (Å²) in [5.74, 6) is -1.26. The van der Waals surface area contributed by atoms with Gasteiger partial charge in [-0.1, -0.05) is 0 Å². The van der Waals surface area contributed by atoms with Crippen LogP contribution >= 0.6 is 15.9 Å². The second-order valence-corrected chi connectivity index (χ2v) is 2.68. The molecule has 0 heterocycles. The highest BCUT2D eigenvalue weighted by Crippen LogP contribution is 2.19. The minimum absolute atomic E-state index is 0.200. The molecule has 53 valence electrons. The third-order valence-electron chi connectivity index (χ3n) is 1.14. The molecule has 1 radical (unpaired) electrons. The lowest BCUT2D eigenvalue weighted by Gasteiger charge is -1.98. The summed E-state index contributed by atoms with van der Waals surface area (Å²) < 4.78 is 25.3. The van der Waals surface area contributed by atoms with E-state index in [9.17, 15) is 8.78 Å². The molecule has 0 spiro atoms. The van der Waals surface area contributed by atoms with Gasteiger partial charge in [0, 0.05) is 5.56 Å². The van der Waals surface area contributed by atoms with E-state index in [1.54, 1.807) is 0 Å². The van der Waals surface area contributed by atoms with E-state index in [0.717, 1.165) is 6.07 Å². The molecular weight excluding hydrogens is 202 g/mol.